The second-order valence-electron chi connectivity index (χ2n) is 8.34. The molecular weight excluding hydrogens is 486 g/mol. The Bertz CT molecular complexity index is 1510. The molecule has 0 atom stereocenters. The van der Waals surface area contributed by atoms with Gasteiger partial charge in [-0.15, -0.1) is 0 Å². The monoisotopic (exact) mass is 515 g/mol. The fraction of sp³-hybridized carbons (Fsp3) is 0.214. The van der Waals surface area contributed by atoms with Crippen molar-refractivity contribution in [3.63, 3.8) is 0 Å². The number of benzene rings is 3. The Labute approximate surface area is 219 Å². The van der Waals surface area contributed by atoms with Gasteiger partial charge in [0.25, 0.3) is 11.5 Å². The molecule has 0 unspecified atom stereocenters. The van der Waals surface area contributed by atoms with E-state index in [1.165, 1.54) is 6.21 Å². The average Bonchev–Trinajstić information content (AvgIpc) is 2.90. The number of hydrazone groups is 1. The zero-order chi connectivity index (χ0) is 26.4. The lowest BCUT2D eigenvalue weighted by Gasteiger charge is -2.21. The van der Waals surface area contributed by atoms with Crippen LogP contribution in [0.2, 0.25) is 0 Å². The Kier molecular flexibility index (Phi) is 8.25. The van der Waals surface area contributed by atoms with Crippen molar-refractivity contribution in [3.8, 4) is 11.4 Å². The number of nitrogens with one attached hydrogen (secondary N) is 1. The van der Waals surface area contributed by atoms with E-state index in [1.807, 2.05) is 43.3 Å². The van der Waals surface area contributed by atoms with E-state index in [9.17, 15) is 14.7 Å². The molecule has 0 radical (unpaired) electrons. The van der Waals surface area contributed by atoms with Crippen LogP contribution in [-0.4, -0.2) is 45.6 Å². The molecule has 37 heavy (non-hydrogen) atoms. The van der Waals surface area contributed by atoms with Gasteiger partial charge in [0.1, 0.15) is 5.75 Å². The number of hydrogen-bond acceptors (Lipinski definition) is 7. The Hall–Kier alpha value is -4.11. The Balaban J connectivity index is 1.50. The van der Waals surface area contributed by atoms with Crippen LogP contribution in [0.4, 0.5) is 5.69 Å². The smallest absolute Gasteiger partial charge is 0.266 e. The summed E-state index contributed by atoms with van der Waals surface area (Å²) in [7, 11) is 0. The number of thioether (sulfide) groups is 1. The molecular formula is C28H29N5O3S. The third kappa shape index (κ3) is 5.83. The zero-order valence-corrected chi connectivity index (χ0v) is 21.8. The number of aryl methyl sites for hydroxylation is 1. The summed E-state index contributed by atoms with van der Waals surface area (Å²) in [4.78, 5) is 32.7. The molecule has 190 valence electrons. The predicted molar refractivity (Wildman–Crippen MR) is 150 cm³/mol. The van der Waals surface area contributed by atoms with Crippen molar-refractivity contribution in [1.29, 1.82) is 0 Å². The molecule has 1 aromatic heterocycles. The van der Waals surface area contributed by atoms with Crippen LogP contribution in [0, 0.1) is 6.92 Å². The van der Waals surface area contributed by atoms with E-state index in [2.05, 4.69) is 34.3 Å². The number of aromatic hydroxyl groups is 1. The number of anilines is 1. The average molecular weight is 516 g/mol. The summed E-state index contributed by atoms with van der Waals surface area (Å²) in [5, 5.41) is 15.3. The first-order chi connectivity index (χ1) is 17.9. The van der Waals surface area contributed by atoms with Crippen molar-refractivity contribution in [2.24, 2.45) is 5.10 Å². The number of nitrogens with zero attached hydrogens (tertiary/aromatic N) is 4. The van der Waals surface area contributed by atoms with Gasteiger partial charge in [-0.25, -0.2) is 10.4 Å². The zero-order valence-electron chi connectivity index (χ0n) is 21.0. The highest BCUT2D eigenvalue weighted by atomic mass is 32.2. The maximum atomic E-state index is 13.4. The molecule has 8 nitrogen and oxygen atoms in total. The van der Waals surface area contributed by atoms with Gasteiger partial charge in [0, 0.05) is 30.4 Å². The number of fused-ring (bicyclic) bond motifs is 1. The number of phenols is 1. The molecule has 0 saturated carbocycles. The SMILES string of the molecule is CCN(CC)c1ccc(/C=N/NC(=O)CSc2nc3ccccc3c(=O)n2-c2ccccc2C)c(O)c1. The number of amides is 1. The van der Waals surface area contributed by atoms with Crippen LogP contribution < -0.4 is 15.9 Å². The third-order valence-corrected chi connectivity index (χ3v) is 6.91. The molecule has 0 saturated heterocycles. The van der Waals surface area contributed by atoms with E-state index in [0.29, 0.717) is 21.6 Å². The summed E-state index contributed by atoms with van der Waals surface area (Å²) in [6.07, 6.45) is 1.40. The summed E-state index contributed by atoms with van der Waals surface area (Å²) in [6.45, 7) is 7.70. The number of para-hydroxylation sites is 2. The fourth-order valence-corrected chi connectivity index (χ4v) is 4.80. The van der Waals surface area contributed by atoms with Gasteiger partial charge in [-0.05, 0) is 56.7 Å². The van der Waals surface area contributed by atoms with Gasteiger partial charge in [-0.3, -0.25) is 14.2 Å². The number of aromatic nitrogens is 2. The second kappa shape index (κ2) is 11.7. The minimum atomic E-state index is -0.362. The fourth-order valence-electron chi connectivity index (χ4n) is 4.00. The lowest BCUT2D eigenvalue weighted by molar-refractivity contribution is -0.118. The van der Waals surface area contributed by atoms with E-state index in [4.69, 9.17) is 0 Å². The van der Waals surface area contributed by atoms with Crippen LogP contribution in [-0.2, 0) is 4.79 Å². The summed E-state index contributed by atoms with van der Waals surface area (Å²) in [5.74, 6) is -0.278. The van der Waals surface area contributed by atoms with Gasteiger partial charge in [-0.2, -0.15) is 5.10 Å². The first kappa shape index (κ1) is 26.0. The molecule has 4 aromatic rings. The Morgan fingerprint density at radius 1 is 1.11 bits per heavy atom. The minimum absolute atomic E-state index is 0.000874. The lowest BCUT2D eigenvalue weighted by atomic mass is 10.2. The maximum absolute atomic E-state index is 13.4. The minimum Gasteiger partial charge on any atom is -0.507 e. The molecule has 0 aliphatic heterocycles. The van der Waals surface area contributed by atoms with E-state index in [-0.39, 0.29) is 23.0 Å². The standard InChI is InChI=1S/C28H29N5O3S/c1-4-32(5-2)21-15-14-20(25(34)16-21)17-29-31-26(35)18-37-28-30-23-12-8-7-11-22(23)27(36)33(28)24-13-9-6-10-19(24)3/h6-17,34H,4-5,18H2,1-3H3,(H,31,35)/b29-17+. The molecule has 0 aliphatic carbocycles. The molecule has 0 fully saturated rings. The number of carbonyl (C=O) groups is 1. The van der Waals surface area contributed by atoms with Gasteiger partial charge in [0.2, 0.25) is 0 Å². The van der Waals surface area contributed by atoms with Gasteiger partial charge in [-0.1, -0.05) is 42.1 Å². The van der Waals surface area contributed by atoms with Gasteiger partial charge < -0.3 is 10.0 Å². The molecule has 2 N–H and O–H groups in total. The van der Waals surface area contributed by atoms with Crippen molar-refractivity contribution in [1.82, 2.24) is 15.0 Å². The molecule has 0 spiro atoms. The second-order valence-corrected chi connectivity index (χ2v) is 9.28. The first-order valence-corrected chi connectivity index (χ1v) is 13.0. The van der Waals surface area contributed by atoms with Crippen molar-refractivity contribution in [3.05, 3.63) is 88.2 Å². The molecule has 3 aromatic carbocycles. The number of phenolic OH excluding ortho intramolecular Hbond substituents is 1. The van der Waals surface area contributed by atoms with E-state index in [0.717, 1.165) is 41.8 Å². The van der Waals surface area contributed by atoms with Crippen molar-refractivity contribution >= 4 is 40.5 Å². The van der Waals surface area contributed by atoms with Gasteiger partial charge >= 0.3 is 0 Å². The maximum Gasteiger partial charge on any atom is 0.266 e. The number of hydrogen-bond donors (Lipinski definition) is 2. The number of carbonyl (C=O) groups excluding carboxylic acids is 1. The first-order valence-electron chi connectivity index (χ1n) is 12.0. The van der Waals surface area contributed by atoms with Crippen LogP contribution in [0.3, 0.4) is 0 Å². The van der Waals surface area contributed by atoms with Gasteiger partial charge in [0.05, 0.1) is 28.6 Å². The topological polar surface area (TPSA) is 99.8 Å². The van der Waals surface area contributed by atoms with Crippen LogP contribution in [0.25, 0.3) is 16.6 Å². The Morgan fingerprint density at radius 3 is 2.57 bits per heavy atom. The third-order valence-electron chi connectivity index (χ3n) is 5.97. The highest BCUT2D eigenvalue weighted by Gasteiger charge is 2.16. The molecule has 4 rings (SSSR count). The normalized spacial score (nSPS) is 11.2. The van der Waals surface area contributed by atoms with Gasteiger partial charge in [0.15, 0.2) is 5.16 Å². The van der Waals surface area contributed by atoms with Crippen LogP contribution in [0.15, 0.2) is 81.8 Å². The molecule has 9 heteroatoms. The Morgan fingerprint density at radius 2 is 1.84 bits per heavy atom. The molecule has 1 heterocycles. The summed E-state index contributed by atoms with van der Waals surface area (Å²) in [6, 6.07) is 20.1. The summed E-state index contributed by atoms with van der Waals surface area (Å²) in [5.41, 5.74) is 5.92. The van der Waals surface area contributed by atoms with E-state index < -0.39 is 0 Å². The van der Waals surface area contributed by atoms with E-state index >= 15 is 0 Å². The molecule has 0 bridgehead atoms. The van der Waals surface area contributed by atoms with Crippen LogP contribution in [0.1, 0.15) is 25.0 Å². The summed E-state index contributed by atoms with van der Waals surface area (Å²) >= 11 is 1.16. The quantitative estimate of drug-likeness (QED) is 0.148. The molecule has 1 amide bonds. The number of rotatable bonds is 9. The highest BCUT2D eigenvalue weighted by Crippen LogP contribution is 2.24. The van der Waals surface area contributed by atoms with Crippen LogP contribution in [0.5, 0.6) is 5.75 Å². The lowest BCUT2D eigenvalue weighted by Crippen LogP contribution is -2.24. The van der Waals surface area contributed by atoms with E-state index in [1.54, 1.807) is 34.9 Å². The largest absolute Gasteiger partial charge is 0.507 e. The molecule has 0 aliphatic rings. The van der Waals surface area contributed by atoms with Crippen molar-refractivity contribution < 1.29 is 9.90 Å². The van der Waals surface area contributed by atoms with Crippen molar-refractivity contribution in [2.45, 2.75) is 25.9 Å². The van der Waals surface area contributed by atoms with Crippen molar-refractivity contribution in [2.75, 3.05) is 23.7 Å². The predicted octanol–water partition coefficient (Wildman–Crippen LogP) is 4.49. The highest BCUT2D eigenvalue weighted by molar-refractivity contribution is 7.99. The van der Waals surface area contributed by atoms with Crippen LogP contribution >= 0.6 is 11.8 Å². The summed E-state index contributed by atoms with van der Waals surface area (Å²) < 4.78 is 1.55.